The van der Waals surface area contributed by atoms with Crippen molar-refractivity contribution in [1.29, 1.82) is 0 Å². The molecule has 0 aliphatic carbocycles. The van der Waals surface area contributed by atoms with Crippen LogP contribution >= 0.6 is 0 Å². The van der Waals surface area contributed by atoms with Crippen molar-refractivity contribution in [3.05, 3.63) is 0 Å². The average molecular weight is 227 g/mol. The molecule has 0 radical (unpaired) electrons. The van der Waals surface area contributed by atoms with Gasteiger partial charge in [0.15, 0.2) is 0 Å². The summed E-state index contributed by atoms with van der Waals surface area (Å²) in [6.07, 6.45) is -0.321. The molecule has 4 heteroatoms. The molecule has 92 valence electrons. The summed E-state index contributed by atoms with van der Waals surface area (Å²) >= 11 is 0. The van der Waals surface area contributed by atoms with E-state index in [1.165, 1.54) is 0 Å². The predicted molar refractivity (Wildman–Crippen MR) is 61.1 cm³/mol. The first-order valence-electron chi connectivity index (χ1n) is 5.72. The molecule has 1 aliphatic heterocycles. The quantitative estimate of drug-likeness (QED) is 0.636. The third-order valence-corrected chi connectivity index (χ3v) is 2.61. The second-order valence-electron chi connectivity index (χ2n) is 5.59. The standard InChI is InChI=1S/C12H21NO3/c1-8-6-13(7-9(2)10(8)14)11(15)16-12(3,4)5/h8-9H,6-7H2,1-5H3/t8-,9-/m1/s1. The molecule has 1 fully saturated rings. The first kappa shape index (κ1) is 13.0. The zero-order chi connectivity index (χ0) is 12.5. The van der Waals surface area contributed by atoms with Gasteiger partial charge in [0.05, 0.1) is 0 Å². The molecule has 16 heavy (non-hydrogen) atoms. The van der Waals surface area contributed by atoms with Crippen molar-refractivity contribution in [2.45, 2.75) is 40.2 Å². The molecule has 0 N–H and O–H groups in total. The molecule has 4 nitrogen and oxygen atoms in total. The van der Waals surface area contributed by atoms with Crippen LogP contribution in [0.25, 0.3) is 0 Å². The van der Waals surface area contributed by atoms with Gasteiger partial charge in [-0.25, -0.2) is 4.79 Å². The molecule has 0 unspecified atom stereocenters. The van der Waals surface area contributed by atoms with Crippen LogP contribution in [0.4, 0.5) is 4.79 Å². The Hall–Kier alpha value is -1.06. The topological polar surface area (TPSA) is 46.6 Å². The Balaban J connectivity index is 2.62. The minimum atomic E-state index is -0.481. The number of ether oxygens (including phenoxy) is 1. The van der Waals surface area contributed by atoms with Gasteiger partial charge in [-0.3, -0.25) is 4.79 Å². The number of carbonyl (C=O) groups excluding carboxylic acids is 2. The van der Waals surface area contributed by atoms with E-state index >= 15 is 0 Å². The molecule has 0 aromatic carbocycles. The van der Waals surface area contributed by atoms with E-state index in [9.17, 15) is 9.59 Å². The number of carbonyl (C=O) groups is 2. The number of Topliss-reactive ketones (excluding diaryl/α,β-unsaturated/α-hetero) is 1. The lowest BCUT2D eigenvalue weighted by molar-refractivity contribution is -0.129. The summed E-state index contributed by atoms with van der Waals surface area (Å²) < 4.78 is 5.28. The zero-order valence-electron chi connectivity index (χ0n) is 10.7. The van der Waals surface area contributed by atoms with Crippen molar-refractivity contribution in [2.24, 2.45) is 11.8 Å². The number of hydrogen-bond donors (Lipinski definition) is 0. The van der Waals surface area contributed by atoms with Gasteiger partial charge in [0.2, 0.25) is 0 Å². The monoisotopic (exact) mass is 227 g/mol. The van der Waals surface area contributed by atoms with Crippen LogP contribution in [0.3, 0.4) is 0 Å². The highest BCUT2D eigenvalue weighted by Gasteiger charge is 2.34. The molecule has 1 rings (SSSR count). The maximum absolute atomic E-state index is 11.8. The largest absolute Gasteiger partial charge is 0.444 e. The smallest absolute Gasteiger partial charge is 0.410 e. The van der Waals surface area contributed by atoms with Gasteiger partial charge in [-0.05, 0) is 20.8 Å². The van der Waals surface area contributed by atoms with E-state index in [-0.39, 0.29) is 23.7 Å². The van der Waals surface area contributed by atoms with Crippen molar-refractivity contribution in [1.82, 2.24) is 4.90 Å². The van der Waals surface area contributed by atoms with E-state index in [1.807, 2.05) is 34.6 Å². The molecular weight excluding hydrogens is 206 g/mol. The second kappa shape index (κ2) is 4.44. The lowest BCUT2D eigenvalue weighted by Crippen LogP contribution is -2.49. The molecule has 0 aromatic rings. The SMILES string of the molecule is C[C@@H]1CN(C(=O)OC(C)(C)C)C[C@@H](C)C1=O. The Bertz CT molecular complexity index is 279. The maximum Gasteiger partial charge on any atom is 0.410 e. The van der Waals surface area contributed by atoms with E-state index in [4.69, 9.17) is 4.74 Å². The first-order chi connectivity index (χ1) is 7.20. The van der Waals surface area contributed by atoms with Crippen molar-refractivity contribution in [3.8, 4) is 0 Å². The molecule has 0 spiro atoms. The molecule has 0 bridgehead atoms. The van der Waals surface area contributed by atoms with Crippen LogP contribution in [0.2, 0.25) is 0 Å². The molecule has 1 heterocycles. The van der Waals surface area contributed by atoms with Gasteiger partial charge in [0.1, 0.15) is 11.4 Å². The van der Waals surface area contributed by atoms with E-state index in [0.29, 0.717) is 13.1 Å². The minimum absolute atomic E-state index is 0.0868. The van der Waals surface area contributed by atoms with Gasteiger partial charge in [0, 0.05) is 24.9 Å². The molecule has 1 amide bonds. The molecule has 0 aromatic heterocycles. The number of rotatable bonds is 0. The Morgan fingerprint density at radius 1 is 1.25 bits per heavy atom. The van der Waals surface area contributed by atoms with Crippen LogP contribution in [0.15, 0.2) is 0 Å². The second-order valence-corrected chi connectivity index (χ2v) is 5.59. The van der Waals surface area contributed by atoms with E-state index < -0.39 is 5.60 Å². The minimum Gasteiger partial charge on any atom is -0.444 e. The molecule has 1 saturated heterocycles. The summed E-state index contributed by atoms with van der Waals surface area (Å²) in [4.78, 5) is 25.0. The Morgan fingerprint density at radius 3 is 2.06 bits per heavy atom. The van der Waals surface area contributed by atoms with Crippen LogP contribution in [-0.4, -0.2) is 35.5 Å². The Morgan fingerprint density at radius 2 is 1.69 bits per heavy atom. The van der Waals surface area contributed by atoms with Crippen LogP contribution in [-0.2, 0) is 9.53 Å². The Kier molecular flexibility index (Phi) is 3.61. The highest BCUT2D eigenvalue weighted by atomic mass is 16.6. The number of piperidine rings is 1. The van der Waals surface area contributed by atoms with E-state index in [0.717, 1.165) is 0 Å². The van der Waals surface area contributed by atoms with E-state index in [1.54, 1.807) is 4.90 Å². The van der Waals surface area contributed by atoms with Crippen LogP contribution in [0.1, 0.15) is 34.6 Å². The molecule has 1 aliphatic rings. The third kappa shape index (κ3) is 3.22. The highest BCUT2D eigenvalue weighted by Crippen LogP contribution is 2.20. The summed E-state index contributed by atoms with van der Waals surface area (Å²) in [5.41, 5.74) is -0.481. The summed E-state index contributed by atoms with van der Waals surface area (Å²) in [5.74, 6) is 0.0624. The lowest BCUT2D eigenvalue weighted by atomic mass is 9.90. The molecule has 2 atom stereocenters. The highest BCUT2D eigenvalue weighted by molar-refractivity contribution is 5.85. The van der Waals surface area contributed by atoms with Crippen molar-refractivity contribution < 1.29 is 14.3 Å². The Labute approximate surface area is 96.9 Å². The van der Waals surface area contributed by atoms with Crippen LogP contribution in [0, 0.1) is 11.8 Å². The first-order valence-corrected chi connectivity index (χ1v) is 5.72. The third-order valence-electron chi connectivity index (χ3n) is 2.61. The van der Waals surface area contributed by atoms with Crippen LogP contribution < -0.4 is 0 Å². The molecular formula is C12H21NO3. The lowest BCUT2D eigenvalue weighted by Gasteiger charge is -2.35. The normalized spacial score (nSPS) is 26.8. The van der Waals surface area contributed by atoms with Gasteiger partial charge < -0.3 is 9.64 Å². The summed E-state index contributed by atoms with van der Waals surface area (Å²) in [6, 6.07) is 0. The van der Waals surface area contributed by atoms with E-state index in [2.05, 4.69) is 0 Å². The number of likely N-dealkylation sites (tertiary alicyclic amines) is 1. The average Bonchev–Trinajstić information content (AvgIpc) is 2.10. The summed E-state index contributed by atoms with van der Waals surface area (Å²) in [7, 11) is 0. The fourth-order valence-electron chi connectivity index (χ4n) is 1.88. The van der Waals surface area contributed by atoms with Gasteiger partial charge >= 0.3 is 6.09 Å². The van der Waals surface area contributed by atoms with Gasteiger partial charge in [0.25, 0.3) is 0 Å². The number of amides is 1. The maximum atomic E-state index is 11.8. The van der Waals surface area contributed by atoms with Crippen LogP contribution in [0.5, 0.6) is 0 Å². The number of hydrogen-bond acceptors (Lipinski definition) is 3. The van der Waals surface area contributed by atoms with Crippen molar-refractivity contribution in [2.75, 3.05) is 13.1 Å². The summed E-state index contributed by atoms with van der Waals surface area (Å²) in [6.45, 7) is 10.2. The molecule has 0 saturated carbocycles. The van der Waals surface area contributed by atoms with Crippen molar-refractivity contribution >= 4 is 11.9 Å². The predicted octanol–water partition coefficient (Wildman–Crippen LogP) is 2.08. The van der Waals surface area contributed by atoms with Gasteiger partial charge in [-0.1, -0.05) is 13.8 Å². The van der Waals surface area contributed by atoms with Gasteiger partial charge in [-0.2, -0.15) is 0 Å². The fraction of sp³-hybridized carbons (Fsp3) is 0.833. The number of ketones is 1. The van der Waals surface area contributed by atoms with Gasteiger partial charge in [-0.15, -0.1) is 0 Å². The summed E-state index contributed by atoms with van der Waals surface area (Å²) in [5, 5.41) is 0. The fourth-order valence-corrected chi connectivity index (χ4v) is 1.88. The zero-order valence-corrected chi connectivity index (χ0v) is 10.7. The van der Waals surface area contributed by atoms with Crippen molar-refractivity contribution in [3.63, 3.8) is 0 Å². The number of nitrogens with zero attached hydrogens (tertiary/aromatic N) is 1.